The molecule has 0 fully saturated rings. The number of anilines is 1. The Morgan fingerprint density at radius 2 is 1.97 bits per heavy atom. The summed E-state index contributed by atoms with van der Waals surface area (Å²) in [5.41, 5.74) is 3.17. The van der Waals surface area contributed by atoms with E-state index in [1.807, 2.05) is 79.9 Å². The number of benzene rings is 2. The number of para-hydroxylation sites is 1. The van der Waals surface area contributed by atoms with Gasteiger partial charge in [-0.1, -0.05) is 49.0 Å². The lowest BCUT2D eigenvalue weighted by Gasteiger charge is -2.27. The summed E-state index contributed by atoms with van der Waals surface area (Å²) in [6.07, 6.45) is 0.474. The number of hydrogen-bond donors (Lipinski definition) is 2. The van der Waals surface area contributed by atoms with Gasteiger partial charge in [0.1, 0.15) is 11.9 Å². The number of nitrogens with one attached hydrogen (secondary N) is 2. The summed E-state index contributed by atoms with van der Waals surface area (Å²) >= 11 is 2.79. The molecule has 2 N–H and O–H groups in total. The molecular weight excluding hydrogens is 518 g/mol. The van der Waals surface area contributed by atoms with Crippen molar-refractivity contribution in [2.75, 3.05) is 5.32 Å². The molecular formula is C28H27N5O3S2. The first-order valence-electron chi connectivity index (χ1n) is 12.4. The largest absolute Gasteiger partial charge is 0.351 e. The van der Waals surface area contributed by atoms with E-state index >= 15 is 0 Å². The van der Waals surface area contributed by atoms with Gasteiger partial charge in [0.15, 0.2) is 5.17 Å². The quantitative estimate of drug-likeness (QED) is 0.421. The zero-order valence-electron chi connectivity index (χ0n) is 21.0. The zero-order chi connectivity index (χ0) is 26.6. The number of carbonyl (C=O) groups is 3. The minimum Gasteiger partial charge on any atom is -0.351 e. The molecule has 2 unspecified atom stereocenters. The molecule has 8 nitrogen and oxygen atoms in total. The third-order valence-corrected chi connectivity index (χ3v) is 8.36. The Balaban J connectivity index is 1.35. The molecule has 3 heterocycles. The van der Waals surface area contributed by atoms with E-state index in [1.54, 1.807) is 11.3 Å². The average molecular weight is 546 g/mol. The monoisotopic (exact) mass is 545 g/mol. The number of rotatable bonds is 8. The third-order valence-electron chi connectivity index (χ3n) is 6.16. The third kappa shape index (κ3) is 5.56. The van der Waals surface area contributed by atoms with E-state index in [0.29, 0.717) is 29.7 Å². The van der Waals surface area contributed by atoms with Crippen LogP contribution in [0.1, 0.15) is 35.8 Å². The lowest BCUT2D eigenvalue weighted by molar-refractivity contribution is -0.128. The molecule has 2 aromatic carbocycles. The van der Waals surface area contributed by atoms with Crippen LogP contribution in [0.3, 0.4) is 0 Å². The van der Waals surface area contributed by atoms with Gasteiger partial charge in [0.25, 0.3) is 5.91 Å². The summed E-state index contributed by atoms with van der Waals surface area (Å²) in [5, 5.41) is 7.70. The number of amides is 3. The molecule has 5 rings (SSSR count). The molecule has 3 aromatic rings. The summed E-state index contributed by atoms with van der Waals surface area (Å²) in [5.74, 6) is -0.266. The van der Waals surface area contributed by atoms with E-state index in [4.69, 9.17) is 4.99 Å². The highest BCUT2D eigenvalue weighted by molar-refractivity contribution is 8.15. The Hall–Kier alpha value is -3.76. The van der Waals surface area contributed by atoms with Gasteiger partial charge in [-0.3, -0.25) is 19.4 Å². The number of thioether (sulfide) groups is 1. The van der Waals surface area contributed by atoms with Crippen LogP contribution in [0.2, 0.25) is 0 Å². The fourth-order valence-electron chi connectivity index (χ4n) is 4.26. The topological polar surface area (TPSA) is 103 Å². The number of aliphatic imine (C=N–C) groups is 2. The maximum Gasteiger partial charge on any atom is 0.259 e. The van der Waals surface area contributed by atoms with Crippen molar-refractivity contribution >= 4 is 63.2 Å². The molecule has 2 aliphatic rings. The average Bonchev–Trinajstić information content (AvgIpc) is 3.54. The van der Waals surface area contributed by atoms with Crippen molar-refractivity contribution in [2.45, 2.75) is 44.5 Å². The zero-order valence-corrected chi connectivity index (χ0v) is 22.6. The highest BCUT2D eigenvalue weighted by atomic mass is 32.2. The Bertz CT molecular complexity index is 1430. The maximum absolute atomic E-state index is 13.5. The van der Waals surface area contributed by atoms with Crippen molar-refractivity contribution in [3.05, 3.63) is 82.0 Å². The second kappa shape index (κ2) is 11.3. The Kier molecular flexibility index (Phi) is 7.71. The molecule has 0 spiro atoms. The van der Waals surface area contributed by atoms with Crippen LogP contribution in [-0.2, 0) is 20.9 Å². The number of aryl methyl sites for hydroxylation is 1. The Labute approximate surface area is 229 Å². The molecule has 0 saturated heterocycles. The fourth-order valence-corrected chi connectivity index (χ4v) is 5.92. The molecule has 38 heavy (non-hydrogen) atoms. The SMILES string of the molecule is CCC(SC1=Nc2ccccc2C2=NC(CC(=O)NCc3cccs3)C(=O)N12)C(=O)Nc1cccc(C)c1. The van der Waals surface area contributed by atoms with E-state index in [9.17, 15) is 14.4 Å². The van der Waals surface area contributed by atoms with Gasteiger partial charge in [-0.15, -0.1) is 11.3 Å². The summed E-state index contributed by atoms with van der Waals surface area (Å²) in [6, 6.07) is 18.1. The van der Waals surface area contributed by atoms with Crippen molar-refractivity contribution in [3.8, 4) is 0 Å². The molecule has 1 aromatic heterocycles. The molecule has 3 amide bonds. The summed E-state index contributed by atoms with van der Waals surface area (Å²) in [4.78, 5) is 51.2. The lowest BCUT2D eigenvalue weighted by Crippen LogP contribution is -2.43. The maximum atomic E-state index is 13.5. The second-order valence-electron chi connectivity index (χ2n) is 8.99. The van der Waals surface area contributed by atoms with Gasteiger partial charge in [-0.25, -0.2) is 9.89 Å². The van der Waals surface area contributed by atoms with Gasteiger partial charge in [0.2, 0.25) is 11.8 Å². The van der Waals surface area contributed by atoms with E-state index < -0.39 is 11.3 Å². The lowest BCUT2D eigenvalue weighted by atomic mass is 10.1. The molecule has 0 saturated carbocycles. The van der Waals surface area contributed by atoms with E-state index in [2.05, 4.69) is 15.6 Å². The number of nitrogens with zero attached hydrogens (tertiary/aromatic N) is 3. The van der Waals surface area contributed by atoms with Crippen molar-refractivity contribution < 1.29 is 14.4 Å². The van der Waals surface area contributed by atoms with Crippen LogP contribution >= 0.6 is 23.1 Å². The first-order chi connectivity index (χ1) is 18.4. The number of hydrogen-bond acceptors (Lipinski definition) is 7. The van der Waals surface area contributed by atoms with Crippen molar-refractivity contribution in [3.63, 3.8) is 0 Å². The van der Waals surface area contributed by atoms with E-state index in [1.165, 1.54) is 16.7 Å². The fraction of sp³-hybridized carbons (Fsp3) is 0.250. The van der Waals surface area contributed by atoms with Crippen LogP contribution < -0.4 is 10.6 Å². The molecule has 10 heteroatoms. The van der Waals surface area contributed by atoms with Gasteiger partial charge in [0.05, 0.1) is 23.9 Å². The number of fused-ring (bicyclic) bond motifs is 3. The Morgan fingerprint density at radius 3 is 2.74 bits per heavy atom. The van der Waals surface area contributed by atoms with Crippen LogP contribution in [0.4, 0.5) is 11.4 Å². The van der Waals surface area contributed by atoms with Crippen LogP contribution in [0.15, 0.2) is 76.0 Å². The standard InChI is InChI=1S/C28H27N5O3S2/c1-3-23(26(35)30-18-9-6-8-17(2)14-18)38-28-32-21-12-5-4-11-20(21)25-31-22(27(36)33(25)28)15-24(34)29-16-19-10-7-13-37-19/h4-14,22-23H,3,15-16H2,1-2H3,(H,29,34)(H,30,35). The number of thiophene rings is 1. The highest BCUT2D eigenvalue weighted by Crippen LogP contribution is 2.36. The van der Waals surface area contributed by atoms with Crippen LogP contribution in [0, 0.1) is 6.92 Å². The molecule has 2 atom stereocenters. The van der Waals surface area contributed by atoms with Crippen LogP contribution in [0.5, 0.6) is 0 Å². The van der Waals surface area contributed by atoms with Crippen molar-refractivity contribution in [2.24, 2.45) is 9.98 Å². The van der Waals surface area contributed by atoms with Gasteiger partial charge < -0.3 is 10.6 Å². The predicted molar refractivity (Wildman–Crippen MR) is 153 cm³/mol. The highest BCUT2D eigenvalue weighted by Gasteiger charge is 2.43. The van der Waals surface area contributed by atoms with Crippen LogP contribution in [-0.4, -0.2) is 44.9 Å². The number of amidine groups is 2. The van der Waals surface area contributed by atoms with Crippen molar-refractivity contribution in [1.82, 2.24) is 10.2 Å². The first-order valence-corrected chi connectivity index (χ1v) is 14.1. The minimum absolute atomic E-state index is 0.0601. The molecule has 2 aliphatic heterocycles. The first kappa shape index (κ1) is 25.9. The van der Waals surface area contributed by atoms with Gasteiger partial charge in [0, 0.05) is 16.1 Å². The second-order valence-corrected chi connectivity index (χ2v) is 11.2. The van der Waals surface area contributed by atoms with Crippen LogP contribution in [0.25, 0.3) is 0 Å². The smallest absolute Gasteiger partial charge is 0.259 e. The van der Waals surface area contributed by atoms with E-state index in [0.717, 1.165) is 21.7 Å². The van der Waals surface area contributed by atoms with E-state index in [-0.39, 0.29) is 24.1 Å². The van der Waals surface area contributed by atoms with Gasteiger partial charge in [-0.2, -0.15) is 0 Å². The minimum atomic E-state index is -0.855. The molecule has 0 bridgehead atoms. The molecule has 0 radical (unpaired) electrons. The van der Waals surface area contributed by atoms with Crippen molar-refractivity contribution in [1.29, 1.82) is 0 Å². The van der Waals surface area contributed by atoms with Gasteiger partial charge >= 0.3 is 0 Å². The predicted octanol–water partition coefficient (Wildman–Crippen LogP) is 4.87. The summed E-state index contributed by atoms with van der Waals surface area (Å²) in [7, 11) is 0. The number of carbonyl (C=O) groups excluding carboxylic acids is 3. The van der Waals surface area contributed by atoms with Gasteiger partial charge in [-0.05, 0) is 54.6 Å². The normalized spacial score (nSPS) is 16.7. The summed E-state index contributed by atoms with van der Waals surface area (Å²) < 4.78 is 0. The summed E-state index contributed by atoms with van der Waals surface area (Å²) in [6.45, 7) is 4.30. The molecule has 0 aliphatic carbocycles. The molecule has 194 valence electrons. The Morgan fingerprint density at radius 1 is 1.13 bits per heavy atom.